The molecular formula is C16H24N4O4S. The molecule has 138 valence electrons. The van der Waals surface area contributed by atoms with Gasteiger partial charge in [0.15, 0.2) is 0 Å². The molecule has 5 N–H and O–H groups in total. The van der Waals surface area contributed by atoms with E-state index in [1.54, 1.807) is 25.1 Å². The molecule has 0 saturated carbocycles. The van der Waals surface area contributed by atoms with Gasteiger partial charge < -0.3 is 20.8 Å². The maximum atomic E-state index is 12.3. The SMILES string of the molecule is C/C=C(\NC(=O)c1cccc(CNC(C)S)n1)C(O)N[C@@H](C)C(=O)O. The van der Waals surface area contributed by atoms with Crippen molar-refractivity contribution in [1.29, 1.82) is 0 Å². The number of amides is 1. The lowest BCUT2D eigenvalue weighted by atomic mass is 10.2. The molecule has 0 fully saturated rings. The molecule has 25 heavy (non-hydrogen) atoms. The molecule has 1 heterocycles. The van der Waals surface area contributed by atoms with E-state index in [9.17, 15) is 14.7 Å². The van der Waals surface area contributed by atoms with Crippen molar-refractivity contribution >= 4 is 24.5 Å². The third-order valence-electron chi connectivity index (χ3n) is 3.26. The number of carboxylic acids is 1. The number of nitrogens with zero attached hydrogens (tertiary/aromatic N) is 1. The number of aliphatic carboxylic acids is 1. The molecule has 1 amide bonds. The number of carbonyl (C=O) groups excluding carboxylic acids is 1. The van der Waals surface area contributed by atoms with Gasteiger partial charge in [-0.3, -0.25) is 14.9 Å². The molecule has 8 nitrogen and oxygen atoms in total. The minimum absolute atomic E-state index is 0.00800. The normalized spacial score (nSPS) is 15.3. The molecule has 1 aromatic heterocycles. The smallest absolute Gasteiger partial charge is 0.320 e. The first-order chi connectivity index (χ1) is 11.7. The first-order valence-corrected chi connectivity index (χ1v) is 8.28. The monoisotopic (exact) mass is 368 g/mol. The van der Waals surface area contributed by atoms with E-state index in [1.165, 1.54) is 13.0 Å². The van der Waals surface area contributed by atoms with Gasteiger partial charge >= 0.3 is 5.97 Å². The fourth-order valence-corrected chi connectivity index (χ4v) is 1.94. The largest absolute Gasteiger partial charge is 0.480 e. The van der Waals surface area contributed by atoms with E-state index < -0.39 is 24.1 Å². The lowest BCUT2D eigenvalue weighted by Crippen LogP contribution is -2.45. The zero-order valence-corrected chi connectivity index (χ0v) is 15.2. The Kier molecular flexibility index (Phi) is 8.56. The van der Waals surface area contributed by atoms with Crippen LogP contribution in [0.15, 0.2) is 30.0 Å². The quantitative estimate of drug-likeness (QED) is 0.276. The summed E-state index contributed by atoms with van der Waals surface area (Å²) >= 11 is 4.21. The van der Waals surface area contributed by atoms with Crippen LogP contribution in [0.2, 0.25) is 0 Å². The number of hydrogen-bond donors (Lipinski definition) is 6. The van der Waals surface area contributed by atoms with E-state index in [1.807, 2.05) is 6.92 Å². The van der Waals surface area contributed by atoms with Gasteiger partial charge in [-0.15, -0.1) is 0 Å². The van der Waals surface area contributed by atoms with Gasteiger partial charge in [-0.1, -0.05) is 12.1 Å². The van der Waals surface area contributed by atoms with Crippen LogP contribution in [0.4, 0.5) is 0 Å². The second-order valence-corrected chi connectivity index (χ2v) is 6.17. The van der Waals surface area contributed by atoms with Crippen molar-refractivity contribution in [3.8, 4) is 0 Å². The van der Waals surface area contributed by atoms with Crippen LogP contribution in [0.25, 0.3) is 0 Å². The average Bonchev–Trinajstić information content (AvgIpc) is 2.57. The molecule has 0 aliphatic carbocycles. The second-order valence-electron chi connectivity index (χ2n) is 5.40. The van der Waals surface area contributed by atoms with Gasteiger partial charge in [-0.2, -0.15) is 12.6 Å². The van der Waals surface area contributed by atoms with Gasteiger partial charge in [0.05, 0.1) is 11.4 Å². The molecular weight excluding hydrogens is 344 g/mol. The minimum Gasteiger partial charge on any atom is -0.480 e. The van der Waals surface area contributed by atoms with E-state index >= 15 is 0 Å². The highest BCUT2D eigenvalue weighted by Crippen LogP contribution is 2.04. The minimum atomic E-state index is -1.32. The van der Waals surface area contributed by atoms with Crippen molar-refractivity contribution in [2.24, 2.45) is 0 Å². The predicted octanol–water partition coefficient (Wildman–Crippen LogP) is 0.462. The summed E-state index contributed by atoms with van der Waals surface area (Å²) in [4.78, 5) is 27.4. The third-order valence-corrected chi connectivity index (χ3v) is 3.44. The predicted molar refractivity (Wildman–Crippen MR) is 97.0 cm³/mol. The van der Waals surface area contributed by atoms with Crippen LogP contribution in [0.5, 0.6) is 0 Å². The molecule has 0 aromatic carbocycles. The zero-order chi connectivity index (χ0) is 19.0. The Balaban J connectivity index is 2.76. The van der Waals surface area contributed by atoms with Crippen molar-refractivity contribution in [2.45, 2.75) is 45.0 Å². The summed E-state index contributed by atoms with van der Waals surface area (Å²) in [6, 6.07) is 4.06. The van der Waals surface area contributed by atoms with Gasteiger partial charge in [0.2, 0.25) is 0 Å². The fraction of sp³-hybridized carbons (Fsp3) is 0.438. The molecule has 9 heteroatoms. The van der Waals surface area contributed by atoms with Crippen molar-refractivity contribution in [3.05, 3.63) is 41.4 Å². The van der Waals surface area contributed by atoms with E-state index in [-0.39, 0.29) is 16.8 Å². The molecule has 0 saturated heterocycles. The molecule has 0 radical (unpaired) electrons. The lowest BCUT2D eigenvalue weighted by molar-refractivity contribution is -0.139. The summed E-state index contributed by atoms with van der Waals surface area (Å²) in [6.45, 7) is 5.35. The Labute approximate surface area is 152 Å². The maximum Gasteiger partial charge on any atom is 0.320 e. The number of pyridine rings is 1. The van der Waals surface area contributed by atoms with Crippen LogP contribution < -0.4 is 16.0 Å². The average molecular weight is 368 g/mol. The van der Waals surface area contributed by atoms with Gasteiger partial charge in [-0.25, -0.2) is 4.98 Å². The number of aliphatic hydroxyl groups is 1. The lowest BCUT2D eigenvalue weighted by Gasteiger charge is -2.19. The van der Waals surface area contributed by atoms with Crippen LogP contribution in [-0.4, -0.2) is 44.7 Å². The highest BCUT2D eigenvalue weighted by Gasteiger charge is 2.20. The van der Waals surface area contributed by atoms with Crippen molar-refractivity contribution < 1.29 is 19.8 Å². The highest BCUT2D eigenvalue weighted by atomic mass is 32.1. The third kappa shape index (κ3) is 7.22. The summed E-state index contributed by atoms with van der Waals surface area (Å²) in [6.07, 6.45) is 0.160. The maximum absolute atomic E-state index is 12.3. The number of aromatic nitrogens is 1. The number of thiol groups is 1. The standard InChI is InChI=1S/C16H24N4O4S/c1-4-12(14(21)18-9(2)16(23)24)20-15(22)13-7-5-6-11(19-13)8-17-10(3)25/h4-7,9-10,14,17-18,21,25H,8H2,1-3H3,(H,20,22)(H,23,24)/b12-4-/t9-,10?,14?/m0/s1. The van der Waals surface area contributed by atoms with E-state index in [2.05, 4.69) is 33.6 Å². The van der Waals surface area contributed by atoms with Crippen molar-refractivity contribution in [2.75, 3.05) is 0 Å². The first kappa shape index (κ1) is 21.1. The molecule has 1 aromatic rings. The topological polar surface area (TPSA) is 124 Å². The Morgan fingerprint density at radius 2 is 2.04 bits per heavy atom. The summed E-state index contributed by atoms with van der Waals surface area (Å²) in [5, 5.41) is 27.0. The first-order valence-electron chi connectivity index (χ1n) is 7.76. The number of carboxylic acid groups (broad SMARTS) is 1. The summed E-state index contributed by atoms with van der Waals surface area (Å²) in [7, 11) is 0. The molecule has 0 bridgehead atoms. The number of allylic oxidation sites excluding steroid dienone is 1. The Morgan fingerprint density at radius 1 is 1.36 bits per heavy atom. The number of hydrogen-bond acceptors (Lipinski definition) is 7. The number of aliphatic hydroxyl groups excluding tert-OH is 1. The van der Waals surface area contributed by atoms with Crippen molar-refractivity contribution in [3.63, 3.8) is 0 Å². The van der Waals surface area contributed by atoms with E-state index in [0.717, 1.165) is 0 Å². The summed E-state index contributed by atoms with van der Waals surface area (Å²) in [5.41, 5.74) is 1.00. The van der Waals surface area contributed by atoms with Gasteiger partial charge in [-0.05, 0) is 32.9 Å². The van der Waals surface area contributed by atoms with Gasteiger partial charge in [0.25, 0.3) is 5.91 Å². The van der Waals surface area contributed by atoms with Crippen LogP contribution in [0, 0.1) is 0 Å². The number of rotatable bonds is 9. The Bertz CT molecular complexity index is 636. The molecule has 2 unspecified atom stereocenters. The van der Waals surface area contributed by atoms with Crippen LogP contribution in [-0.2, 0) is 11.3 Å². The summed E-state index contributed by atoms with van der Waals surface area (Å²) < 4.78 is 0. The van der Waals surface area contributed by atoms with Crippen LogP contribution in [0.3, 0.4) is 0 Å². The Morgan fingerprint density at radius 3 is 2.60 bits per heavy atom. The highest BCUT2D eigenvalue weighted by molar-refractivity contribution is 7.80. The van der Waals surface area contributed by atoms with Crippen LogP contribution >= 0.6 is 12.6 Å². The number of carbonyl (C=O) groups is 2. The molecule has 0 spiro atoms. The summed E-state index contributed by atoms with van der Waals surface area (Å²) in [5.74, 6) is -1.61. The van der Waals surface area contributed by atoms with E-state index in [4.69, 9.17) is 5.11 Å². The molecule has 0 aliphatic heterocycles. The fourth-order valence-electron chi connectivity index (χ4n) is 1.85. The Hall–Kier alpha value is -1.94. The molecule has 3 atom stereocenters. The van der Waals surface area contributed by atoms with Crippen molar-refractivity contribution in [1.82, 2.24) is 20.9 Å². The number of nitrogens with one attached hydrogen (secondary N) is 3. The second kappa shape index (κ2) is 10.1. The van der Waals surface area contributed by atoms with Crippen LogP contribution in [0.1, 0.15) is 37.0 Å². The molecule has 0 aliphatic rings. The van der Waals surface area contributed by atoms with Gasteiger partial charge in [0, 0.05) is 11.9 Å². The van der Waals surface area contributed by atoms with E-state index in [0.29, 0.717) is 12.2 Å². The zero-order valence-electron chi connectivity index (χ0n) is 14.4. The van der Waals surface area contributed by atoms with Gasteiger partial charge in [0.1, 0.15) is 18.0 Å². The molecule has 1 rings (SSSR count).